The van der Waals surface area contributed by atoms with E-state index in [4.69, 9.17) is 0 Å². The Hall–Kier alpha value is -0.800. The molecule has 3 heteroatoms. The van der Waals surface area contributed by atoms with Crippen molar-refractivity contribution in [2.45, 2.75) is 25.4 Å². The maximum atomic E-state index is 3.64. The minimum atomic E-state index is 0.762. The summed E-state index contributed by atoms with van der Waals surface area (Å²) in [6.07, 6.45) is 6.90. The highest BCUT2D eigenvalue weighted by molar-refractivity contribution is 5.09. The van der Waals surface area contributed by atoms with Gasteiger partial charge in [-0.15, -0.1) is 0 Å². The smallest absolute Gasteiger partial charge is 0.0249 e. The fourth-order valence-corrected chi connectivity index (χ4v) is 2.98. The van der Waals surface area contributed by atoms with Crippen LogP contribution in [0.3, 0.4) is 0 Å². The van der Waals surface area contributed by atoms with Gasteiger partial charge in [0, 0.05) is 38.1 Å². The Morgan fingerprint density at radius 3 is 3.20 bits per heavy atom. The van der Waals surface area contributed by atoms with Gasteiger partial charge in [-0.05, 0) is 36.9 Å². The van der Waals surface area contributed by atoms with Crippen LogP contribution in [0.2, 0.25) is 0 Å². The molecular weight excluding hydrogens is 186 g/mol. The SMILES string of the molecule is c1cc(CN2C[C@@H]3CCCN[C@@H]3C2)c[nH]1. The van der Waals surface area contributed by atoms with Gasteiger partial charge < -0.3 is 10.3 Å². The molecule has 15 heavy (non-hydrogen) atoms. The maximum absolute atomic E-state index is 3.64. The van der Waals surface area contributed by atoms with Gasteiger partial charge in [-0.1, -0.05) is 0 Å². The molecule has 82 valence electrons. The fraction of sp³-hybridized carbons (Fsp3) is 0.667. The van der Waals surface area contributed by atoms with E-state index in [-0.39, 0.29) is 0 Å². The first-order valence-electron chi connectivity index (χ1n) is 5.99. The Morgan fingerprint density at radius 1 is 1.40 bits per heavy atom. The van der Waals surface area contributed by atoms with Crippen LogP contribution >= 0.6 is 0 Å². The lowest BCUT2D eigenvalue weighted by Crippen LogP contribution is -2.40. The number of nitrogens with one attached hydrogen (secondary N) is 2. The van der Waals surface area contributed by atoms with Crippen molar-refractivity contribution in [3.05, 3.63) is 24.0 Å². The fourth-order valence-electron chi connectivity index (χ4n) is 2.98. The third-order valence-corrected chi connectivity index (χ3v) is 3.74. The zero-order chi connectivity index (χ0) is 10.1. The largest absolute Gasteiger partial charge is 0.367 e. The van der Waals surface area contributed by atoms with Crippen LogP contribution in [0.25, 0.3) is 0 Å². The molecular formula is C12H19N3. The molecule has 2 N–H and O–H groups in total. The molecule has 2 aliphatic rings. The average molecular weight is 205 g/mol. The summed E-state index contributed by atoms with van der Waals surface area (Å²) in [6.45, 7) is 4.84. The quantitative estimate of drug-likeness (QED) is 0.760. The number of aromatic amines is 1. The van der Waals surface area contributed by atoms with E-state index in [2.05, 4.69) is 27.5 Å². The second kappa shape index (κ2) is 3.99. The van der Waals surface area contributed by atoms with Crippen molar-refractivity contribution < 1.29 is 0 Å². The summed E-state index contributed by atoms with van der Waals surface area (Å²) in [5, 5.41) is 3.64. The van der Waals surface area contributed by atoms with E-state index in [0.717, 1.165) is 18.5 Å². The molecule has 2 saturated heterocycles. The molecule has 1 aromatic heterocycles. The van der Waals surface area contributed by atoms with Crippen LogP contribution in [0.5, 0.6) is 0 Å². The Bertz CT molecular complexity index is 293. The van der Waals surface area contributed by atoms with Gasteiger partial charge in [-0.2, -0.15) is 0 Å². The van der Waals surface area contributed by atoms with E-state index in [9.17, 15) is 0 Å². The van der Waals surface area contributed by atoms with Gasteiger partial charge in [0.1, 0.15) is 0 Å². The molecule has 3 nitrogen and oxygen atoms in total. The number of hydrogen-bond acceptors (Lipinski definition) is 2. The van der Waals surface area contributed by atoms with Crippen LogP contribution in [-0.2, 0) is 6.54 Å². The summed E-state index contributed by atoms with van der Waals surface area (Å²) in [5.41, 5.74) is 1.41. The van der Waals surface area contributed by atoms with E-state index < -0.39 is 0 Å². The number of nitrogens with zero attached hydrogens (tertiary/aromatic N) is 1. The second-order valence-corrected chi connectivity index (χ2v) is 4.88. The molecule has 0 aromatic carbocycles. The number of aromatic nitrogens is 1. The number of piperidine rings is 1. The zero-order valence-electron chi connectivity index (χ0n) is 9.08. The first-order valence-corrected chi connectivity index (χ1v) is 5.99. The van der Waals surface area contributed by atoms with Crippen molar-refractivity contribution in [3.63, 3.8) is 0 Å². The van der Waals surface area contributed by atoms with Crippen LogP contribution in [0.15, 0.2) is 18.5 Å². The molecule has 0 aliphatic carbocycles. The normalized spacial score (nSPS) is 31.7. The Balaban J connectivity index is 1.60. The Morgan fingerprint density at radius 2 is 2.40 bits per heavy atom. The Kier molecular flexibility index (Phi) is 2.51. The van der Waals surface area contributed by atoms with Crippen molar-refractivity contribution >= 4 is 0 Å². The summed E-state index contributed by atoms with van der Waals surface area (Å²) >= 11 is 0. The average Bonchev–Trinajstić information content (AvgIpc) is 2.86. The lowest BCUT2D eigenvalue weighted by atomic mass is 9.94. The molecule has 3 rings (SSSR count). The first kappa shape index (κ1) is 9.43. The molecule has 0 radical (unpaired) electrons. The molecule has 2 fully saturated rings. The standard InChI is InChI=1S/C12H19N3/c1-2-11-8-15(9-12(11)14-4-1)7-10-3-5-13-6-10/h3,5-6,11-14H,1-2,4,7-9H2/t11-,12+/m0/s1. The monoisotopic (exact) mass is 205 g/mol. The van der Waals surface area contributed by atoms with Crippen molar-refractivity contribution in [2.75, 3.05) is 19.6 Å². The molecule has 0 saturated carbocycles. The number of hydrogen-bond donors (Lipinski definition) is 2. The maximum Gasteiger partial charge on any atom is 0.0249 e. The van der Waals surface area contributed by atoms with Gasteiger partial charge in [0.25, 0.3) is 0 Å². The van der Waals surface area contributed by atoms with Crippen LogP contribution in [-0.4, -0.2) is 35.6 Å². The van der Waals surface area contributed by atoms with Gasteiger partial charge in [0.15, 0.2) is 0 Å². The number of fused-ring (bicyclic) bond motifs is 1. The lowest BCUT2D eigenvalue weighted by molar-refractivity contribution is 0.313. The molecule has 0 spiro atoms. The highest BCUT2D eigenvalue weighted by atomic mass is 15.2. The van der Waals surface area contributed by atoms with E-state index in [1.54, 1.807) is 0 Å². The van der Waals surface area contributed by atoms with Crippen LogP contribution in [0.4, 0.5) is 0 Å². The predicted octanol–water partition coefficient (Wildman–Crippen LogP) is 1.20. The minimum Gasteiger partial charge on any atom is -0.367 e. The summed E-state index contributed by atoms with van der Waals surface area (Å²) in [7, 11) is 0. The minimum absolute atomic E-state index is 0.762. The van der Waals surface area contributed by atoms with Crippen LogP contribution in [0.1, 0.15) is 18.4 Å². The number of H-pyrrole nitrogens is 1. The molecule has 0 bridgehead atoms. The van der Waals surface area contributed by atoms with Gasteiger partial charge >= 0.3 is 0 Å². The van der Waals surface area contributed by atoms with Gasteiger partial charge in [-0.3, -0.25) is 4.90 Å². The lowest BCUT2D eigenvalue weighted by Gasteiger charge is -2.24. The third-order valence-electron chi connectivity index (χ3n) is 3.74. The highest BCUT2D eigenvalue weighted by Gasteiger charge is 2.33. The van der Waals surface area contributed by atoms with Crippen molar-refractivity contribution in [3.8, 4) is 0 Å². The van der Waals surface area contributed by atoms with Crippen molar-refractivity contribution in [1.82, 2.24) is 15.2 Å². The molecule has 2 atom stereocenters. The summed E-state index contributed by atoms with van der Waals surface area (Å²) < 4.78 is 0. The van der Waals surface area contributed by atoms with E-state index in [1.165, 1.54) is 38.0 Å². The van der Waals surface area contributed by atoms with Crippen LogP contribution in [0, 0.1) is 5.92 Å². The Labute approximate surface area is 90.9 Å². The number of rotatable bonds is 2. The molecule has 0 amide bonds. The highest BCUT2D eigenvalue weighted by Crippen LogP contribution is 2.25. The van der Waals surface area contributed by atoms with E-state index >= 15 is 0 Å². The van der Waals surface area contributed by atoms with Gasteiger partial charge in [0.05, 0.1) is 0 Å². The topological polar surface area (TPSA) is 31.1 Å². The summed E-state index contributed by atoms with van der Waals surface area (Å²) in [6, 6.07) is 2.94. The molecule has 1 aromatic rings. The third kappa shape index (κ3) is 1.94. The van der Waals surface area contributed by atoms with E-state index in [1.807, 2.05) is 6.20 Å². The first-order chi connectivity index (χ1) is 7.42. The van der Waals surface area contributed by atoms with E-state index in [0.29, 0.717) is 0 Å². The molecule has 2 aliphatic heterocycles. The van der Waals surface area contributed by atoms with Crippen molar-refractivity contribution in [2.24, 2.45) is 5.92 Å². The molecule has 0 unspecified atom stereocenters. The van der Waals surface area contributed by atoms with Gasteiger partial charge in [-0.25, -0.2) is 0 Å². The number of likely N-dealkylation sites (tertiary alicyclic amines) is 1. The van der Waals surface area contributed by atoms with Gasteiger partial charge in [0.2, 0.25) is 0 Å². The molecule has 3 heterocycles. The summed E-state index contributed by atoms with van der Waals surface area (Å²) in [5.74, 6) is 0.901. The zero-order valence-corrected chi connectivity index (χ0v) is 9.08. The second-order valence-electron chi connectivity index (χ2n) is 4.88. The van der Waals surface area contributed by atoms with Crippen LogP contribution < -0.4 is 5.32 Å². The summed E-state index contributed by atoms with van der Waals surface area (Å²) in [4.78, 5) is 5.70. The predicted molar refractivity (Wildman–Crippen MR) is 60.6 cm³/mol. The van der Waals surface area contributed by atoms with Crippen molar-refractivity contribution in [1.29, 1.82) is 0 Å².